The number of anilines is 2. The number of hydrogen-bond donors (Lipinski definition) is 2. The molecule has 0 unspecified atom stereocenters. The molecule has 0 saturated heterocycles. The Bertz CT molecular complexity index is 1700. The quantitative estimate of drug-likeness (QED) is 0.153. The Balaban J connectivity index is 0.00000380. The Morgan fingerprint density at radius 3 is 2.19 bits per heavy atom. The summed E-state index contributed by atoms with van der Waals surface area (Å²) in [7, 11) is -8.71. The average molecular weight is 549 g/mol. The van der Waals surface area contributed by atoms with E-state index >= 15 is 0 Å². The molecule has 0 aliphatic rings. The normalized spacial score (nSPS) is 11.9. The van der Waals surface area contributed by atoms with Gasteiger partial charge in [-0.15, -0.1) is 10.2 Å². The molecule has 0 fully saturated rings. The molecule has 0 radical (unpaired) electrons. The van der Waals surface area contributed by atoms with Crippen LogP contribution < -0.4 is 39.6 Å². The number of nitrogen functional groups attached to an aromatic ring is 1. The van der Waals surface area contributed by atoms with Gasteiger partial charge in [0.2, 0.25) is 0 Å². The van der Waals surface area contributed by atoms with E-state index in [1.807, 2.05) is 0 Å². The minimum atomic E-state index is -4.81. The van der Waals surface area contributed by atoms with Crippen LogP contribution in [0.3, 0.4) is 0 Å². The molecule has 0 spiro atoms. The summed E-state index contributed by atoms with van der Waals surface area (Å²) < 4.78 is 62.1. The third-order valence-corrected chi connectivity index (χ3v) is 8.11. The number of nitrogens with two attached hydrogens (primary N) is 1. The van der Waals surface area contributed by atoms with Crippen molar-refractivity contribution in [1.82, 2.24) is 0 Å². The Hall–Kier alpha value is -3.00. The fourth-order valence-corrected chi connectivity index (χ4v) is 5.76. The molecular weight excluding hydrogens is 527 g/mol. The fourth-order valence-electron chi connectivity index (χ4n) is 3.72. The predicted molar refractivity (Wildman–Crippen MR) is 135 cm³/mol. The van der Waals surface area contributed by atoms with Crippen molar-refractivity contribution in [3.05, 3.63) is 78.9 Å². The first-order valence-electron chi connectivity index (χ1n) is 10.6. The summed E-state index contributed by atoms with van der Waals surface area (Å²) in [5.74, 6) is -0.515. The van der Waals surface area contributed by atoms with Gasteiger partial charge in [0.15, 0.2) is 0 Å². The number of phenols is 1. The SMILES string of the molecule is CCN(c1ccccc1N=Nc1c(N)ccc2cc(S(=O)(=O)[O-])cc(O)c12)S(=O)(=O)c1ccccc1.[Na+]. The maximum absolute atomic E-state index is 13.3. The summed E-state index contributed by atoms with van der Waals surface area (Å²) >= 11 is 0. The minimum Gasteiger partial charge on any atom is -0.744 e. The first-order valence-corrected chi connectivity index (χ1v) is 13.5. The molecule has 37 heavy (non-hydrogen) atoms. The Morgan fingerprint density at radius 1 is 0.892 bits per heavy atom. The average Bonchev–Trinajstić information content (AvgIpc) is 2.84. The van der Waals surface area contributed by atoms with Gasteiger partial charge in [-0.25, -0.2) is 16.8 Å². The molecule has 0 aliphatic heterocycles. The van der Waals surface area contributed by atoms with Crippen LogP contribution in [0.15, 0.2) is 98.9 Å². The summed E-state index contributed by atoms with van der Waals surface area (Å²) in [6.45, 7) is 1.81. The molecule has 4 rings (SSSR count). The zero-order chi connectivity index (χ0) is 26.1. The van der Waals surface area contributed by atoms with Gasteiger partial charge in [0.1, 0.15) is 27.2 Å². The van der Waals surface area contributed by atoms with E-state index in [2.05, 4.69) is 10.2 Å². The molecule has 4 aromatic carbocycles. The van der Waals surface area contributed by atoms with Crippen LogP contribution in [0.4, 0.5) is 22.7 Å². The summed E-state index contributed by atoms with van der Waals surface area (Å²) in [6.07, 6.45) is 0. The Morgan fingerprint density at radius 2 is 1.54 bits per heavy atom. The fraction of sp³-hybridized carbons (Fsp3) is 0.0833. The molecule has 0 aromatic heterocycles. The van der Waals surface area contributed by atoms with Crippen molar-refractivity contribution < 1.29 is 56.1 Å². The van der Waals surface area contributed by atoms with Crippen LogP contribution in [-0.4, -0.2) is 33.0 Å². The van der Waals surface area contributed by atoms with Gasteiger partial charge >= 0.3 is 29.6 Å². The van der Waals surface area contributed by atoms with Gasteiger partial charge in [0.25, 0.3) is 10.0 Å². The maximum Gasteiger partial charge on any atom is 1.00 e. The monoisotopic (exact) mass is 548 g/mol. The zero-order valence-electron chi connectivity index (χ0n) is 19.9. The Kier molecular flexibility index (Phi) is 8.63. The third-order valence-electron chi connectivity index (χ3n) is 5.39. The second-order valence-electron chi connectivity index (χ2n) is 7.67. The summed E-state index contributed by atoms with van der Waals surface area (Å²) in [6, 6.07) is 19.3. The van der Waals surface area contributed by atoms with Gasteiger partial charge in [-0.05, 0) is 54.8 Å². The molecule has 186 valence electrons. The van der Waals surface area contributed by atoms with E-state index in [0.29, 0.717) is 0 Å². The van der Waals surface area contributed by atoms with Crippen molar-refractivity contribution in [1.29, 1.82) is 0 Å². The predicted octanol–water partition coefficient (Wildman–Crippen LogP) is 1.67. The smallest absolute Gasteiger partial charge is 0.744 e. The topological polar surface area (TPSA) is 166 Å². The Labute approximate surface area is 236 Å². The second-order valence-corrected chi connectivity index (χ2v) is 10.9. The van der Waals surface area contributed by atoms with E-state index in [1.54, 1.807) is 49.4 Å². The number of hydrogen-bond acceptors (Lipinski definition) is 9. The minimum absolute atomic E-state index is 0. The van der Waals surface area contributed by atoms with Crippen LogP contribution in [0, 0.1) is 0 Å². The molecule has 10 nitrogen and oxygen atoms in total. The molecule has 0 heterocycles. The second kappa shape index (κ2) is 11.2. The van der Waals surface area contributed by atoms with Crippen LogP contribution in [0.5, 0.6) is 5.75 Å². The first-order chi connectivity index (χ1) is 17.0. The molecule has 0 amide bonds. The number of benzene rings is 4. The number of aromatic hydroxyl groups is 1. The van der Waals surface area contributed by atoms with Crippen molar-refractivity contribution in [2.75, 3.05) is 16.6 Å². The van der Waals surface area contributed by atoms with Gasteiger partial charge in [0, 0.05) is 6.54 Å². The van der Waals surface area contributed by atoms with Crippen molar-refractivity contribution in [2.24, 2.45) is 10.2 Å². The number of phenolic OH excluding ortho intramolecular Hbond substituents is 1. The van der Waals surface area contributed by atoms with Crippen LogP contribution >= 0.6 is 0 Å². The molecule has 3 N–H and O–H groups in total. The standard InChI is InChI=1S/C24H22N4O6S2.Na/c1-2-28(35(30,31)17-8-4-3-5-9-17)21-11-7-6-10-20(21)26-27-24-19(25)13-12-16-14-18(36(32,33)34)15-22(29)23(16)24;/h3-15,29H,2,25H2,1H3,(H,32,33,34);/q;+1/p-1. The van der Waals surface area contributed by atoms with Crippen LogP contribution in [0.25, 0.3) is 10.8 Å². The number of fused-ring (bicyclic) bond motifs is 1. The van der Waals surface area contributed by atoms with E-state index in [9.17, 15) is 26.5 Å². The van der Waals surface area contributed by atoms with E-state index in [0.717, 1.165) is 12.1 Å². The largest absolute Gasteiger partial charge is 1.00 e. The number of sulfonamides is 1. The molecular formula is C24H21N4NaO6S2. The maximum atomic E-state index is 13.3. The number of nitrogens with zero attached hydrogens (tertiary/aromatic N) is 3. The van der Waals surface area contributed by atoms with Gasteiger partial charge in [-0.3, -0.25) is 4.31 Å². The van der Waals surface area contributed by atoms with Gasteiger partial charge in [-0.2, -0.15) is 0 Å². The molecule has 0 bridgehead atoms. The third kappa shape index (κ3) is 5.79. The molecule has 0 saturated carbocycles. The van der Waals surface area contributed by atoms with Crippen molar-refractivity contribution in [3.63, 3.8) is 0 Å². The summed E-state index contributed by atoms with van der Waals surface area (Å²) in [5, 5.41) is 19.2. The molecule has 13 heteroatoms. The van der Waals surface area contributed by atoms with Gasteiger partial charge < -0.3 is 15.4 Å². The van der Waals surface area contributed by atoms with E-state index < -0.39 is 30.8 Å². The van der Waals surface area contributed by atoms with Crippen LogP contribution in [0.1, 0.15) is 6.92 Å². The van der Waals surface area contributed by atoms with E-state index in [1.165, 1.54) is 28.6 Å². The van der Waals surface area contributed by atoms with Crippen molar-refractivity contribution in [2.45, 2.75) is 16.7 Å². The number of rotatable bonds is 7. The van der Waals surface area contributed by atoms with E-state index in [-0.39, 0.29) is 74.5 Å². The number of para-hydroxylation sites is 1. The molecule has 0 atom stereocenters. The van der Waals surface area contributed by atoms with Crippen molar-refractivity contribution >= 4 is 53.7 Å². The van der Waals surface area contributed by atoms with Crippen LogP contribution in [0.2, 0.25) is 0 Å². The van der Waals surface area contributed by atoms with Crippen LogP contribution in [-0.2, 0) is 20.1 Å². The first kappa shape index (κ1) is 28.6. The molecule has 4 aromatic rings. The van der Waals surface area contributed by atoms with Crippen molar-refractivity contribution in [3.8, 4) is 5.75 Å². The number of azo groups is 1. The zero-order valence-corrected chi connectivity index (χ0v) is 23.6. The summed E-state index contributed by atoms with van der Waals surface area (Å²) in [4.78, 5) is -0.485. The van der Waals surface area contributed by atoms with Gasteiger partial charge in [-0.1, -0.05) is 36.4 Å². The molecule has 0 aliphatic carbocycles. The summed E-state index contributed by atoms with van der Waals surface area (Å²) in [5.41, 5.74) is 6.71. The van der Waals surface area contributed by atoms with E-state index in [4.69, 9.17) is 5.73 Å². The van der Waals surface area contributed by atoms with Gasteiger partial charge in [0.05, 0.1) is 26.6 Å².